The molecule has 17 nitrogen and oxygen atoms in total. The number of hydrogen-bond acceptors (Lipinski definition) is 15. The quantitative estimate of drug-likeness (QED) is 0.0647. The summed E-state index contributed by atoms with van der Waals surface area (Å²) >= 11 is 1.82. The third kappa shape index (κ3) is 11.3. The Morgan fingerprint density at radius 3 is 2.61 bits per heavy atom. The summed E-state index contributed by atoms with van der Waals surface area (Å²) in [7, 11) is -5.49. The normalized spacial score (nSPS) is 24.3. The summed E-state index contributed by atoms with van der Waals surface area (Å²) in [5.74, 6) is -2.29. The Bertz CT molecular complexity index is 2440. The van der Waals surface area contributed by atoms with E-state index >= 15 is 8.78 Å². The zero-order chi connectivity index (χ0) is 47.2. The number of amides is 3. The van der Waals surface area contributed by atoms with E-state index in [1.807, 2.05) is 13.8 Å². The summed E-state index contributed by atoms with van der Waals surface area (Å²) < 4.78 is 72.5. The molecule has 0 aliphatic carbocycles. The van der Waals surface area contributed by atoms with E-state index in [2.05, 4.69) is 16.4 Å². The minimum absolute atomic E-state index is 0.0642. The number of halogens is 2. The van der Waals surface area contributed by atoms with Gasteiger partial charge in [-0.05, 0) is 66.8 Å². The molecule has 0 spiro atoms. The first-order valence-corrected chi connectivity index (χ1v) is 25.3. The summed E-state index contributed by atoms with van der Waals surface area (Å²) in [6.45, 7) is 2.78. The first-order valence-electron chi connectivity index (χ1n) is 21.9. The van der Waals surface area contributed by atoms with Gasteiger partial charge in [0.1, 0.15) is 18.2 Å². The topological polar surface area (TPSA) is 224 Å². The van der Waals surface area contributed by atoms with Crippen LogP contribution in [0.15, 0.2) is 47.4 Å². The highest BCUT2D eigenvalue weighted by molar-refractivity contribution is 8.13. The summed E-state index contributed by atoms with van der Waals surface area (Å²) in [5.41, 5.74) is -4.77. The number of alkyl halides is 2. The zero-order valence-corrected chi connectivity index (χ0v) is 39.0. The highest BCUT2D eigenvalue weighted by atomic mass is 32.2. The van der Waals surface area contributed by atoms with Gasteiger partial charge in [0.05, 0.1) is 36.7 Å². The molecule has 2 unspecified atom stereocenters. The van der Waals surface area contributed by atoms with E-state index < -0.39 is 74.3 Å². The highest BCUT2D eigenvalue weighted by Gasteiger charge is 2.56. The minimum atomic E-state index is -5.49. The number of nitriles is 1. The van der Waals surface area contributed by atoms with Crippen molar-refractivity contribution in [2.24, 2.45) is 11.8 Å². The molecule has 2 N–H and O–H groups in total. The predicted molar refractivity (Wildman–Crippen MR) is 238 cm³/mol. The van der Waals surface area contributed by atoms with Crippen LogP contribution in [0.1, 0.15) is 91.9 Å². The number of carbonyl (C=O) groups is 5. The van der Waals surface area contributed by atoms with Crippen LogP contribution < -0.4 is 10.9 Å². The number of benzene rings is 1. The monoisotopic (exact) mass is 975 g/mol. The molecule has 356 valence electrons. The molecule has 3 amide bonds. The molecule has 0 bridgehead atoms. The van der Waals surface area contributed by atoms with E-state index in [9.17, 15) is 38.6 Å². The average molecular weight is 976 g/mol. The van der Waals surface area contributed by atoms with Gasteiger partial charge in [0.25, 0.3) is 5.91 Å². The maximum Gasteiger partial charge on any atom is 0.510 e. The number of H-pyrrole nitrogens is 1. The summed E-state index contributed by atoms with van der Waals surface area (Å²) in [6.07, 6.45) is 3.69. The lowest BCUT2D eigenvalue weighted by molar-refractivity contribution is -0.146. The van der Waals surface area contributed by atoms with E-state index in [-0.39, 0.29) is 76.6 Å². The van der Waals surface area contributed by atoms with Gasteiger partial charge >= 0.3 is 19.4 Å². The number of ether oxygens (including phenoxy) is 3. The van der Waals surface area contributed by atoms with Crippen LogP contribution in [0.4, 0.5) is 13.6 Å². The van der Waals surface area contributed by atoms with Gasteiger partial charge in [-0.1, -0.05) is 44.5 Å². The second kappa shape index (κ2) is 21.5. The number of pyridine rings is 1. The lowest BCUT2D eigenvalue weighted by Crippen LogP contribution is -2.56. The van der Waals surface area contributed by atoms with Crippen molar-refractivity contribution in [3.05, 3.63) is 69.0 Å². The molecule has 4 aliphatic heterocycles. The molecule has 22 heteroatoms. The van der Waals surface area contributed by atoms with Crippen LogP contribution >= 0.6 is 30.7 Å². The molecule has 4 saturated heterocycles. The summed E-state index contributed by atoms with van der Waals surface area (Å²) in [6, 6.07) is 8.15. The van der Waals surface area contributed by atoms with Gasteiger partial charge in [0, 0.05) is 66.2 Å². The maximum absolute atomic E-state index is 16.4. The number of carbonyl (C=O) groups excluding carboxylic acids is 5. The van der Waals surface area contributed by atoms with Crippen molar-refractivity contribution in [2.75, 3.05) is 45.5 Å². The van der Waals surface area contributed by atoms with E-state index in [0.29, 0.717) is 55.4 Å². The van der Waals surface area contributed by atoms with E-state index in [4.69, 9.17) is 23.3 Å². The van der Waals surface area contributed by atoms with Crippen LogP contribution in [0.2, 0.25) is 0 Å². The maximum atomic E-state index is 16.4. The van der Waals surface area contributed by atoms with Gasteiger partial charge < -0.3 is 38.8 Å². The van der Waals surface area contributed by atoms with Crippen molar-refractivity contribution in [3.63, 3.8) is 0 Å². The van der Waals surface area contributed by atoms with Gasteiger partial charge in [0.15, 0.2) is 5.12 Å². The van der Waals surface area contributed by atoms with Gasteiger partial charge in [-0.15, -0.1) is 11.3 Å². The predicted octanol–water partition coefficient (Wildman–Crippen LogP) is 6.87. The first kappa shape index (κ1) is 49.2. The lowest BCUT2D eigenvalue weighted by Gasteiger charge is -2.36. The molecule has 4 fully saturated rings. The third-order valence-electron chi connectivity index (χ3n) is 12.1. The Balaban J connectivity index is 1.04. The second-order valence-corrected chi connectivity index (χ2v) is 21.5. The Morgan fingerprint density at radius 1 is 1.06 bits per heavy atom. The summed E-state index contributed by atoms with van der Waals surface area (Å²) in [4.78, 5) is 84.7. The Hall–Kier alpha value is -4.71. The number of thioether (sulfide) groups is 1. The fraction of sp³-hybridized carbons (Fsp3) is 0.568. The Labute approximate surface area is 387 Å². The third-order valence-corrected chi connectivity index (χ3v) is 16.0. The molecule has 7 rings (SSSR count). The molecule has 1 aromatic carbocycles. The Morgan fingerprint density at radius 2 is 1.86 bits per heavy atom. The van der Waals surface area contributed by atoms with Crippen molar-refractivity contribution >= 4 is 69.8 Å². The van der Waals surface area contributed by atoms with E-state index in [1.165, 1.54) is 24.4 Å². The van der Waals surface area contributed by atoms with Gasteiger partial charge in [-0.2, -0.15) is 14.0 Å². The average Bonchev–Trinajstić information content (AvgIpc) is 4.11. The fourth-order valence-electron chi connectivity index (χ4n) is 8.82. The van der Waals surface area contributed by atoms with Crippen LogP contribution in [0.5, 0.6) is 0 Å². The molecule has 7 atom stereocenters. The molecular weight excluding hydrogens is 924 g/mol. The number of rotatable bonds is 16. The molecule has 0 saturated carbocycles. The number of fused-ring (bicyclic) bond motifs is 2. The smallest absolute Gasteiger partial charge is 0.428 e. The van der Waals surface area contributed by atoms with Crippen molar-refractivity contribution in [1.29, 1.82) is 5.26 Å². The van der Waals surface area contributed by atoms with Crippen LogP contribution in [0, 0.1) is 23.2 Å². The summed E-state index contributed by atoms with van der Waals surface area (Å²) in [5, 5.41) is 12.8. The second-order valence-electron chi connectivity index (χ2n) is 17.2. The highest BCUT2D eigenvalue weighted by Crippen LogP contribution is 2.67. The number of nitrogens with zero attached hydrogens (tertiary/aromatic N) is 3. The van der Waals surface area contributed by atoms with Crippen LogP contribution in [-0.4, -0.2) is 113 Å². The molecule has 2 aromatic heterocycles. The van der Waals surface area contributed by atoms with Crippen LogP contribution in [0.3, 0.4) is 0 Å². The SMILES string of the molecule is CC(C)CC(=O)SCCOP(=O)(OCOC(=O)O[C@H]1CCOC1)C(F)(F)c1ccc2sc(C(=O)NC3CCCC[C@H]4CC[C@@H](C(=O)N5C[C@H](c6cc[nH]c(=O)c6)[C@@H](C#N)C5)N4C3=O)cc2c1. The first-order chi connectivity index (χ1) is 31.6. The number of thiophene rings is 1. The number of aromatic nitrogens is 1. The lowest BCUT2D eigenvalue weighted by atomic mass is 9.91. The van der Waals surface area contributed by atoms with Crippen molar-refractivity contribution in [1.82, 2.24) is 20.1 Å². The van der Waals surface area contributed by atoms with Crippen molar-refractivity contribution in [2.45, 2.75) is 101 Å². The fourth-order valence-corrected chi connectivity index (χ4v) is 12.1. The number of hydrogen-bond donors (Lipinski definition) is 2. The number of nitrogens with one attached hydrogen (secondary N) is 2. The van der Waals surface area contributed by atoms with Crippen LogP contribution in [0.25, 0.3) is 10.1 Å². The molecule has 3 aromatic rings. The Kier molecular flexibility index (Phi) is 16.0. The molecule has 0 radical (unpaired) electrons. The number of likely N-dealkylation sites (tertiary alicyclic amines) is 1. The van der Waals surface area contributed by atoms with Crippen molar-refractivity contribution in [3.8, 4) is 6.07 Å². The standard InChI is InChI=1S/C44H52F2N5O12PS2/c1-26(2)17-39(53)65-16-15-61-64(58,62-25-60-43(57)63-32-12-14-59-24-32)44(45,46)30-7-10-36-28(18-30)19-37(66-36)40(54)49-34-6-4-3-5-31-8-9-35(51(31)41(34)55)42(56)50-22-29(21-47)33(23-50)27-11-13-48-38(52)20-27/h7,10-11,13,18-20,26,29,31-35H,3-6,8-9,12,14-17,22-25H2,1-2H3,(H,48,52)(H,49,54)/t29-,31-,32-,33+,34?,35-,64?/m0/s1. The minimum Gasteiger partial charge on any atom is -0.428 e. The molecule has 4 aliphatic rings. The van der Waals surface area contributed by atoms with Crippen molar-refractivity contribution < 1.29 is 60.6 Å². The zero-order valence-electron chi connectivity index (χ0n) is 36.4. The van der Waals surface area contributed by atoms with E-state index in [0.717, 1.165) is 41.7 Å². The van der Waals surface area contributed by atoms with Gasteiger partial charge in [0.2, 0.25) is 24.2 Å². The molecule has 66 heavy (non-hydrogen) atoms. The van der Waals surface area contributed by atoms with Gasteiger partial charge in [-0.25, -0.2) is 4.79 Å². The largest absolute Gasteiger partial charge is 0.510 e. The molecular formula is C44H52F2N5O12PS2. The van der Waals surface area contributed by atoms with Gasteiger partial charge in [-0.3, -0.25) is 33.1 Å². The van der Waals surface area contributed by atoms with Crippen LogP contribution in [-0.2, 0) is 47.9 Å². The molecule has 6 heterocycles. The van der Waals surface area contributed by atoms with E-state index in [1.54, 1.807) is 15.9 Å². The number of aromatic amines is 1.